The molecule has 4 aromatic rings. The van der Waals surface area contributed by atoms with Gasteiger partial charge in [0.15, 0.2) is 0 Å². The lowest BCUT2D eigenvalue weighted by molar-refractivity contribution is -0.129. The molecule has 0 bridgehead atoms. The van der Waals surface area contributed by atoms with Crippen LogP contribution in [0.4, 0.5) is 21.6 Å². The van der Waals surface area contributed by atoms with E-state index >= 15 is 0 Å². The van der Waals surface area contributed by atoms with Crippen LogP contribution in [0.15, 0.2) is 67.0 Å². The third kappa shape index (κ3) is 7.15. The van der Waals surface area contributed by atoms with Crippen molar-refractivity contribution in [3.05, 3.63) is 83.4 Å². The van der Waals surface area contributed by atoms with Crippen molar-refractivity contribution in [2.45, 2.75) is 25.2 Å². The first kappa shape index (κ1) is 27.6. The average molecular weight is 566 g/mol. The lowest BCUT2D eigenvalue weighted by Crippen LogP contribution is -2.51. The summed E-state index contributed by atoms with van der Waals surface area (Å²) in [5.74, 6) is 0.889. The van der Waals surface area contributed by atoms with Crippen LogP contribution in [0.5, 0.6) is 5.75 Å². The van der Waals surface area contributed by atoms with Gasteiger partial charge >= 0.3 is 0 Å². The maximum Gasteiger partial charge on any atom is 0.293 e. The molecule has 2 aliphatic rings. The smallest absolute Gasteiger partial charge is 0.293 e. The summed E-state index contributed by atoms with van der Waals surface area (Å²) in [6.45, 7) is 3.91. The number of ether oxygens (including phenoxy) is 3. The van der Waals surface area contributed by atoms with Gasteiger partial charge in [-0.2, -0.15) is 0 Å². The number of hydrogen-bond donors (Lipinski definition) is 3. The normalized spacial score (nSPS) is 16.4. The fraction of sp³-hybridized carbons (Fsp3) is 0.276. The van der Waals surface area contributed by atoms with Crippen molar-refractivity contribution in [3.63, 3.8) is 0 Å². The second kappa shape index (κ2) is 13.4. The van der Waals surface area contributed by atoms with Crippen LogP contribution in [0.2, 0.25) is 5.02 Å². The zero-order chi connectivity index (χ0) is 27.7. The van der Waals surface area contributed by atoms with E-state index in [-0.39, 0.29) is 11.1 Å². The van der Waals surface area contributed by atoms with E-state index in [0.717, 1.165) is 47.4 Å². The van der Waals surface area contributed by atoms with Crippen molar-refractivity contribution >= 4 is 46.2 Å². The lowest BCUT2D eigenvalue weighted by atomic mass is 10.1. The van der Waals surface area contributed by atoms with E-state index in [1.807, 2.05) is 42.5 Å². The summed E-state index contributed by atoms with van der Waals surface area (Å²) in [4.78, 5) is 18.6. The number of carbonyl (C=O) groups is 1. The maximum atomic E-state index is 13.5. The summed E-state index contributed by atoms with van der Waals surface area (Å²) in [5, 5.41) is 10.9. The Morgan fingerprint density at radius 1 is 1.12 bits per heavy atom. The van der Waals surface area contributed by atoms with Crippen LogP contribution >= 0.6 is 11.6 Å². The van der Waals surface area contributed by atoms with Crippen molar-refractivity contribution in [1.29, 1.82) is 0 Å². The maximum absolute atomic E-state index is 13.5. The van der Waals surface area contributed by atoms with Crippen molar-refractivity contribution in [3.8, 4) is 5.75 Å². The molecule has 208 valence electrons. The molecule has 40 heavy (non-hydrogen) atoms. The van der Waals surface area contributed by atoms with E-state index in [4.69, 9.17) is 21.1 Å². The van der Waals surface area contributed by atoms with E-state index in [1.54, 1.807) is 6.07 Å². The van der Waals surface area contributed by atoms with Crippen LogP contribution in [0.25, 0.3) is 10.9 Å². The molecule has 6 rings (SSSR count). The van der Waals surface area contributed by atoms with Gasteiger partial charge in [0.25, 0.3) is 6.47 Å². The molecule has 1 atom stereocenters. The molecule has 0 saturated carbocycles. The molecule has 2 fully saturated rings. The Bertz CT molecular complexity index is 1440. The summed E-state index contributed by atoms with van der Waals surface area (Å²) in [6, 6.07) is 18.3. The van der Waals surface area contributed by atoms with Crippen LogP contribution in [-0.2, 0) is 20.9 Å². The minimum absolute atomic E-state index is 0.0308. The van der Waals surface area contributed by atoms with Crippen molar-refractivity contribution in [2.75, 3.05) is 36.9 Å². The molecule has 3 heterocycles. The first-order chi connectivity index (χ1) is 19.6. The van der Waals surface area contributed by atoms with Gasteiger partial charge in [0.2, 0.25) is 0 Å². The molecule has 3 N–H and O–H groups in total. The molecule has 0 radical (unpaired) electrons. The fourth-order valence-corrected chi connectivity index (χ4v) is 4.39. The number of carbonyl (C=O) groups excluding carboxylic acids is 1. The zero-order valence-corrected chi connectivity index (χ0v) is 22.4. The summed E-state index contributed by atoms with van der Waals surface area (Å²) in [6.07, 6.45) is 2.38. The minimum Gasteiger partial charge on any atom is -0.486 e. The highest BCUT2D eigenvalue weighted by Crippen LogP contribution is 2.35. The van der Waals surface area contributed by atoms with Crippen LogP contribution in [-0.4, -0.2) is 54.9 Å². The quantitative estimate of drug-likeness (QED) is 0.240. The number of nitrogens with zero attached hydrogens (tertiary/aromatic N) is 2. The molecule has 9 nitrogen and oxygen atoms in total. The Labute approximate surface area is 236 Å². The van der Waals surface area contributed by atoms with Crippen LogP contribution in [0, 0.1) is 5.82 Å². The number of hydrogen-bond acceptors (Lipinski definition) is 9. The summed E-state index contributed by atoms with van der Waals surface area (Å²) < 4.78 is 29.7. The van der Waals surface area contributed by atoms with Gasteiger partial charge in [-0.3, -0.25) is 4.79 Å². The first-order valence-electron chi connectivity index (χ1n) is 12.9. The Balaban J connectivity index is 0.000000274. The van der Waals surface area contributed by atoms with E-state index in [2.05, 4.69) is 30.7 Å². The molecule has 0 unspecified atom stereocenters. The molecular formula is C29H29ClFN5O4. The molecule has 2 saturated heterocycles. The van der Waals surface area contributed by atoms with E-state index in [9.17, 15) is 9.18 Å². The lowest BCUT2D eigenvalue weighted by Gasteiger charge is -2.30. The van der Waals surface area contributed by atoms with Gasteiger partial charge < -0.3 is 30.2 Å². The van der Waals surface area contributed by atoms with E-state index in [0.29, 0.717) is 43.8 Å². The van der Waals surface area contributed by atoms with Gasteiger partial charge in [-0.15, -0.1) is 0 Å². The van der Waals surface area contributed by atoms with Crippen molar-refractivity contribution in [2.24, 2.45) is 0 Å². The van der Waals surface area contributed by atoms with Crippen LogP contribution in [0.1, 0.15) is 12.0 Å². The molecule has 0 spiro atoms. The van der Waals surface area contributed by atoms with Gasteiger partial charge in [0, 0.05) is 36.7 Å². The highest BCUT2D eigenvalue weighted by Gasteiger charge is 2.23. The number of nitrogens with one attached hydrogen (secondary N) is 3. The largest absolute Gasteiger partial charge is 0.486 e. The SMILES string of the molecule is Fc1ccc(Nc2ncnc3cc(O[C@H]4CCOC4)c(NC4CNC4)cc23)cc1Cl.O=COCc1ccccc1. The first-order valence-corrected chi connectivity index (χ1v) is 13.3. The highest BCUT2D eigenvalue weighted by molar-refractivity contribution is 6.31. The van der Waals surface area contributed by atoms with E-state index < -0.39 is 5.82 Å². The Morgan fingerprint density at radius 2 is 1.98 bits per heavy atom. The molecular weight excluding hydrogens is 537 g/mol. The second-order valence-electron chi connectivity index (χ2n) is 9.34. The van der Waals surface area contributed by atoms with Gasteiger partial charge in [-0.05, 0) is 29.8 Å². The minimum atomic E-state index is -0.465. The number of rotatable bonds is 9. The summed E-state index contributed by atoms with van der Waals surface area (Å²) in [5.41, 5.74) is 3.28. The van der Waals surface area contributed by atoms with Gasteiger partial charge in [-0.25, -0.2) is 14.4 Å². The van der Waals surface area contributed by atoms with Gasteiger partial charge in [0.05, 0.1) is 35.5 Å². The number of anilines is 3. The third-order valence-electron chi connectivity index (χ3n) is 6.40. The molecule has 1 aromatic heterocycles. The third-order valence-corrected chi connectivity index (χ3v) is 6.69. The summed E-state index contributed by atoms with van der Waals surface area (Å²) >= 11 is 5.91. The Morgan fingerprint density at radius 3 is 2.67 bits per heavy atom. The number of fused-ring (bicyclic) bond motifs is 1. The van der Waals surface area contributed by atoms with E-state index in [1.165, 1.54) is 18.5 Å². The highest BCUT2D eigenvalue weighted by atomic mass is 35.5. The monoisotopic (exact) mass is 565 g/mol. The zero-order valence-electron chi connectivity index (χ0n) is 21.6. The summed E-state index contributed by atoms with van der Waals surface area (Å²) in [7, 11) is 0. The topological polar surface area (TPSA) is 107 Å². The number of halogens is 2. The Hall–Kier alpha value is -3.99. The van der Waals surface area contributed by atoms with Gasteiger partial charge in [0.1, 0.15) is 36.4 Å². The van der Waals surface area contributed by atoms with Crippen molar-refractivity contribution < 1.29 is 23.4 Å². The second-order valence-corrected chi connectivity index (χ2v) is 9.74. The number of benzene rings is 3. The number of aromatic nitrogens is 2. The van der Waals surface area contributed by atoms with Crippen LogP contribution in [0.3, 0.4) is 0 Å². The molecule has 0 aliphatic carbocycles. The Kier molecular flexibility index (Phi) is 9.22. The van der Waals surface area contributed by atoms with Crippen molar-refractivity contribution in [1.82, 2.24) is 15.3 Å². The fourth-order valence-electron chi connectivity index (χ4n) is 4.20. The predicted octanol–water partition coefficient (Wildman–Crippen LogP) is 5.08. The van der Waals surface area contributed by atoms with Gasteiger partial charge in [-0.1, -0.05) is 41.9 Å². The molecule has 2 aliphatic heterocycles. The standard InChI is InChI=1S/C21H21ClFN5O2.C8H8O2/c22-16-5-12(1-2-17(16)23)28-21-15-6-19(27-13-8-24-9-13)20(7-18(15)25-11-26-21)30-14-3-4-29-10-14;9-7-10-6-8-4-2-1-3-5-8/h1-2,5-7,11,13-14,24,27H,3-4,8-10H2,(H,25,26,28);1-5,7H,6H2/t14-;/m0./s1. The van der Waals surface area contributed by atoms with Crippen LogP contribution < -0.4 is 20.7 Å². The molecule has 11 heteroatoms. The molecule has 3 aromatic carbocycles. The average Bonchev–Trinajstić information content (AvgIpc) is 3.46. The predicted molar refractivity (Wildman–Crippen MR) is 152 cm³/mol. The molecule has 0 amide bonds.